The van der Waals surface area contributed by atoms with Gasteiger partial charge in [0.15, 0.2) is 5.84 Å². The zero-order valence-corrected chi connectivity index (χ0v) is 10.8. The van der Waals surface area contributed by atoms with Crippen molar-refractivity contribution >= 4 is 11.7 Å². The molecule has 0 radical (unpaired) electrons. The lowest BCUT2D eigenvalue weighted by Crippen LogP contribution is -2.23. The van der Waals surface area contributed by atoms with Gasteiger partial charge in [0.25, 0.3) is 5.91 Å². The predicted molar refractivity (Wildman–Crippen MR) is 76.6 cm³/mol. The van der Waals surface area contributed by atoms with E-state index in [1.807, 2.05) is 30.3 Å². The summed E-state index contributed by atoms with van der Waals surface area (Å²) in [5, 5.41) is 14.4. The van der Waals surface area contributed by atoms with Gasteiger partial charge in [0, 0.05) is 17.7 Å². The number of hydrogen-bond donors (Lipinski definition) is 3. The third-order valence-electron chi connectivity index (χ3n) is 2.82. The van der Waals surface area contributed by atoms with Crippen molar-refractivity contribution in [3.05, 3.63) is 71.3 Å². The van der Waals surface area contributed by atoms with Crippen molar-refractivity contribution in [1.82, 2.24) is 5.32 Å². The van der Waals surface area contributed by atoms with E-state index in [1.165, 1.54) is 0 Å². The summed E-state index contributed by atoms with van der Waals surface area (Å²) in [6.45, 7) is 0.452. The van der Waals surface area contributed by atoms with E-state index in [9.17, 15) is 4.79 Å². The Balaban J connectivity index is 2.06. The van der Waals surface area contributed by atoms with Crippen LogP contribution in [0.1, 0.15) is 21.5 Å². The lowest BCUT2D eigenvalue weighted by molar-refractivity contribution is 0.0951. The summed E-state index contributed by atoms with van der Waals surface area (Å²) in [4.78, 5) is 12.0. The van der Waals surface area contributed by atoms with Crippen molar-refractivity contribution < 1.29 is 10.0 Å². The lowest BCUT2D eigenvalue weighted by Gasteiger charge is -2.06. The first-order valence-electron chi connectivity index (χ1n) is 6.11. The summed E-state index contributed by atoms with van der Waals surface area (Å²) in [6.07, 6.45) is 0. The Hall–Kier alpha value is -2.82. The fourth-order valence-electron chi connectivity index (χ4n) is 1.76. The summed E-state index contributed by atoms with van der Waals surface area (Å²) in [6, 6.07) is 16.2. The normalized spacial score (nSPS) is 11.1. The molecule has 4 N–H and O–H groups in total. The van der Waals surface area contributed by atoms with Crippen LogP contribution < -0.4 is 11.1 Å². The van der Waals surface area contributed by atoms with Gasteiger partial charge in [-0.3, -0.25) is 4.79 Å². The number of nitrogens with zero attached hydrogens (tertiary/aromatic N) is 1. The summed E-state index contributed by atoms with van der Waals surface area (Å²) in [5.74, 6) is -0.232. The number of amides is 1. The number of carbonyl (C=O) groups excluding carboxylic acids is 1. The SMILES string of the molecule is N/C(=N\O)c1cccc(C(=O)NCc2ccccc2)c1. The van der Waals surface area contributed by atoms with Crippen LogP contribution in [0.5, 0.6) is 0 Å². The van der Waals surface area contributed by atoms with Crippen LogP contribution in [0.25, 0.3) is 0 Å². The summed E-state index contributed by atoms with van der Waals surface area (Å²) < 4.78 is 0. The number of oxime groups is 1. The first kappa shape index (κ1) is 13.6. The van der Waals surface area contributed by atoms with Gasteiger partial charge in [-0.05, 0) is 17.7 Å². The minimum atomic E-state index is -0.207. The maximum absolute atomic E-state index is 12.0. The maximum atomic E-state index is 12.0. The van der Waals surface area contributed by atoms with Gasteiger partial charge in [0.1, 0.15) is 0 Å². The molecule has 5 nitrogen and oxygen atoms in total. The topological polar surface area (TPSA) is 87.7 Å². The molecule has 0 saturated carbocycles. The van der Waals surface area contributed by atoms with Crippen molar-refractivity contribution in [2.45, 2.75) is 6.54 Å². The highest BCUT2D eigenvalue weighted by atomic mass is 16.4. The monoisotopic (exact) mass is 269 g/mol. The first-order valence-corrected chi connectivity index (χ1v) is 6.11. The van der Waals surface area contributed by atoms with Crippen LogP contribution in [-0.4, -0.2) is 17.0 Å². The van der Waals surface area contributed by atoms with E-state index in [4.69, 9.17) is 10.9 Å². The Morgan fingerprint density at radius 1 is 1.10 bits per heavy atom. The van der Waals surface area contributed by atoms with Crippen LogP contribution in [0.15, 0.2) is 59.8 Å². The number of nitrogens with two attached hydrogens (primary N) is 1. The number of benzene rings is 2. The Labute approximate surface area is 116 Å². The molecule has 2 aromatic carbocycles. The van der Waals surface area contributed by atoms with E-state index >= 15 is 0 Å². The molecular formula is C15H15N3O2. The Bertz CT molecular complexity index is 624. The minimum absolute atomic E-state index is 0.0253. The molecule has 1 amide bonds. The summed E-state index contributed by atoms with van der Waals surface area (Å²) >= 11 is 0. The van der Waals surface area contributed by atoms with Gasteiger partial charge in [-0.15, -0.1) is 0 Å². The van der Waals surface area contributed by atoms with Crippen LogP contribution in [0.2, 0.25) is 0 Å². The average molecular weight is 269 g/mol. The molecule has 0 unspecified atom stereocenters. The third kappa shape index (κ3) is 3.35. The molecule has 0 aliphatic rings. The minimum Gasteiger partial charge on any atom is -0.409 e. The summed E-state index contributed by atoms with van der Waals surface area (Å²) in [5.41, 5.74) is 7.48. The van der Waals surface area contributed by atoms with Crippen molar-refractivity contribution in [2.24, 2.45) is 10.9 Å². The molecule has 102 valence electrons. The molecule has 20 heavy (non-hydrogen) atoms. The Morgan fingerprint density at radius 3 is 2.50 bits per heavy atom. The number of carbonyl (C=O) groups is 1. The molecule has 2 rings (SSSR count). The van der Waals surface area contributed by atoms with Crippen molar-refractivity contribution in [2.75, 3.05) is 0 Å². The molecule has 0 spiro atoms. The third-order valence-corrected chi connectivity index (χ3v) is 2.82. The molecule has 0 fully saturated rings. The average Bonchev–Trinajstić information content (AvgIpc) is 2.53. The number of rotatable bonds is 4. The van der Waals surface area contributed by atoms with E-state index < -0.39 is 0 Å². The second-order valence-corrected chi connectivity index (χ2v) is 4.23. The Morgan fingerprint density at radius 2 is 1.80 bits per heavy atom. The molecule has 0 aliphatic heterocycles. The van der Waals surface area contributed by atoms with E-state index in [1.54, 1.807) is 24.3 Å². The van der Waals surface area contributed by atoms with Gasteiger partial charge >= 0.3 is 0 Å². The van der Waals surface area contributed by atoms with Gasteiger partial charge in [-0.2, -0.15) is 0 Å². The van der Waals surface area contributed by atoms with Crippen LogP contribution in [0.3, 0.4) is 0 Å². The quantitative estimate of drug-likeness (QED) is 0.342. The molecular weight excluding hydrogens is 254 g/mol. The van der Waals surface area contributed by atoms with Gasteiger partial charge in [0.2, 0.25) is 0 Å². The molecule has 0 aromatic heterocycles. The predicted octanol–water partition coefficient (Wildman–Crippen LogP) is 1.71. The molecule has 0 atom stereocenters. The van der Waals surface area contributed by atoms with Crippen LogP contribution >= 0.6 is 0 Å². The van der Waals surface area contributed by atoms with Crippen LogP contribution in [-0.2, 0) is 6.54 Å². The van der Waals surface area contributed by atoms with E-state index in [2.05, 4.69) is 10.5 Å². The molecule has 0 bridgehead atoms. The van der Waals surface area contributed by atoms with Gasteiger partial charge in [-0.25, -0.2) is 0 Å². The highest BCUT2D eigenvalue weighted by molar-refractivity contribution is 6.01. The smallest absolute Gasteiger partial charge is 0.251 e. The van der Waals surface area contributed by atoms with Crippen LogP contribution in [0.4, 0.5) is 0 Å². The molecule has 2 aromatic rings. The second kappa shape index (κ2) is 6.38. The highest BCUT2D eigenvalue weighted by Crippen LogP contribution is 2.06. The van der Waals surface area contributed by atoms with E-state index in [-0.39, 0.29) is 11.7 Å². The van der Waals surface area contributed by atoms with Gasteiger partial charge < -0.3 is 16.3 Å². The fraction of sp³-hybridized carbons (Fsp3) is 0.0667. The first-order chi connectivity index (χ1) is 9.70. The van der Waals surface area contributed by atoms with E-state index in [0.717, 1.165) is 5.56 Å². The lowest BCUT2D eigenvalue weighted by atomic mass is 10.1. The summed E-state index contributed by atoms with van der Waals surface area (Å²) in [7, 11) is 0. The number of nitrogens with one attached hydrogen (secondary N) is 1. The highest BCUT2D eigenvalue weighted by Gasteiger charge is 2.07. The largest absolute Gasteiger partial charge is 0.409 e. The second-order valence-electron chi connectivity index (χ2n) is 4.23. The van der Waals surface area contributed by atoms with Gasteiger partial charge in [-0.1, -0.05) is 47.6 Å². The molecule has 0 saturated heterocycles. The van der Waals surface area contributed by atoms with Crippen molar-refractivity contribution in [3.8, 4) is 0 Å². The fourth-order valence-corrected chi connectivity index (χ4v) is 1.76. The number of amidine groups is 1. The molecule has 0 heterocycles. The van der Waals surface area contributed by atoms with Crippen molar-refractivity contribution in [1.29, 1.82) is 0 Å². The number of hydrogen-bond acceptors (Lipinski definition) is 3. The zero-order chi connectivity index (χ0) is 14.4. The van der Waals surface area contributed by atoms with Crippen LogP contribution in [0, 0.1) is 0 Å². The van der Waals surface area contributed by atoms with Crippen molar-refractivity contribution in [3.63, 3.8) is 0 Å². The molecule has 5 heteroatoms. The zero-order valence-electron chi connectivity index (χ0n) is 10.8. The van der Waals surface area contributed by atoms with Gasteiger partial charge in [0.05, 0.1) is 0 Å². The maximum Gasteiger partial charge on any atom is 0.251 e. The molecule has 0 aliphatic carbocycles. The standard InChI is InChI=1S/C15H15N3O2/c16-14(18-20)12-7-4-8-13(9-12)15(19)17-10-11-5-2-1-3-6-11/h1-9,20H,10H2,(H2,16,18)(H,17,19). The Kier molecular flexibility index (Phi) is 4.34. The van der Waals surface area contributed by atoms with E-state index in [0.29, 0.717) is 17.7 Å².